The minimum Gasteiger partial charge on any atom is -0.352 e. The molecule has 230 valence electrons. The molecule has 3 aliphatic heterocycles. The second-order valence-electron chi connectivity index (χ2n) is 11.3. The minimum atomic E-state index is -4.72. The van der Waals surface area contributed by atoms with Gasteiger partial charge in [0.25, 0.3) is 0 Å². The third-order valence-electron chi connectivity index (χ3n) is 8.85. The number of alkyl halides is 3. The van der Waals surface area contributed by atoms with Crippen LogP contribution in [-0.4, -0.2) is 101 Å². The number of halogens is 4. The number of anilines is 1. The Morgan fingerprint density at radius 1 is 1.02 bits per heavy atom. The van der Waals surface area contributed by atoms with Crippen LogP contribution in [-0.2, 0) is 17.5 Å². The maximum Gasteiger partial charge on any atom is 0.417 e. The Bertz CT molecular complexity index is 1580. The summed E-state index contributed by atoms with van der Waals surface area (Å²) in [6, 6.07) is 6.06. The van der Waals surface area contributed by atoms with Gasteiger partial charge in [-0.25, -0.2) is 9.18 Å². The first-order valence-electron chi connectivity index (χ1n) is 14.6. The van der Waals surface area contributed by atoms with E-state index in [1.807, 2.05) is 0 Å². The monoisotopic (exact) mass is 618 g/mol. The van der Waals surface area contributed by atoms with E-state index in [4.69, 9.17) is 0 Å². The summed E-state index contributed by atoms with van der Waals surface area (Å²) < 4.78 is 60.0. The van der Waals surface area contributed by atoms with Crippen LogP contribution in [0.3, 0.4) is 0 Å². The Hall–Kier alpha value is -3.16. The molecule has 0 bridgehead atoms. The van der Waals surface area contributed by atoms with Gasteiger partial charge in [0, 0.05) is 93.5 Å². The van der Waals surface area contributed by atoms with E-state index in [1.54, 1.807) is 14.4 Å². The first-order chi connectivity index (χ1) is 20.5. The molecule has 1 unspecified atom stereocenters. The van der Waals surface area contributed by atoms with Crippen molar-refractivity contribution >= 4 is 34.4 Å². The summed E-state index contributed by atoms with van der Waals surface area (Å²) in [5, 5.41) is 0.257. The summed E-state index contributed by atoms with van der Waals surface area (Å²) >= 11 is 1.33. The molecule has 0 N–H and O–H groups in total. The average molecular weight is 619 g/mol. The lowest BCUT2D eigenvalue weighted by molar-refractivity contribution is -0.137. The molecule has 0 saturated carbocycles. The lowest BCUT2D eigenvalue weighted by Gasteiger charge is -2.38. The Morgan fingerprint density at radius 3 is 2.30 bits per heavy atom. The minimum absolute atomic E-state index is 0.0480. The van der Waals surface area contributed by atoms with Crippen molar-refractivity contribution in [2.24, 2.45) is 0 Å². The molecular weight excluding hydrogens is 584 g/mol. The molecule has 4 heterocycles. The van der Waals surface area contributed by atoms with Crippen molar-refractivity contribution in [2.45, 2.75) is 37.5 Å². The number of carbonyl (C=O) groups excluding carboxylic acids is 1. The number of hydrogen-bond acceptors (Lipinski definition) is 7. The van der Waals surface area contributed by atoms with Gasteiger partial charge in [-0.05, 0) is 30.3 Å². The SMILES string of the molecule is CCN1CCN(C2CSc3c(-c4ccc(F)cc4)c(C(F)(F)F)cc4c(N5CCN(C(C)=O)CC5)nc(=O)n(c34)C2)CC1. The van der Waals surface area contributed by atoms with Gasteiger partial charge in [-0.15, -0.1) is 11.8 Å². The molecule has 6 rings (SSSR count). The van der Waals surface area contributed by atoms with E-state index in [2.05, 4.69) is 21.7 Å². The lowest BCUT2D eigenvalue weighted by Crippen LogP contribution is -2.52. The largest absolute Gasteiger partial charge is 0.417 e. The molecular formula is C30H34F4N6O2S. The lowest BCUT2D eigenvalue weighted by atomic mass is 9.96. The molecule has 3 aliphatic rings. The number of aromatic nitrogens is 2. The zero-order valence-electron chi connectivity index (χ0n) is 24.2. The molecule has 13 heteroatoms. The van der Waals surface area contributed by atoms with Crippen molar-refractivity contribution in [3.8, 4) is 11.1 Å². The molecule has 1 amide bonds. The summed E-state index contributed by atoms with van der Waals surface area (Å²) in [6.07, 6.45) is -4.72. The van der Waals surface area contributed by atoms with Crippen LogP contribution in [0.15, 0.2) is 40.0 Å². The van der Waals surface area contributed by atoms with Gasteiger partial charge < -0.3 is 14.7 Å². The Kier molecular flexibility index (Phi) is 8.16. The molecule has 8 nitrogen and oxygen atoms in total. The summed E-state index contributed by atoms with van der Waals surface area (Å²) in [5.74, 6) is 0.0693. The fraction of sp³-hybridized carbons (Fsp3) is 0.500. The summed E-state index contributed by atoms with van der Waals surface area (Å²) in [4.78, 5) is 38.6. The molecule has 43 heavy (non-hydrogen) atoms. The number of amides is 1. The fourth-order valence-electron chi connectivity index (χ4n) is 6.41. The van der Waals surface area contributed by atoms with Crippen molar-refractivity contribution < 1.29 is 22.4 Å². The first kappa shape index (κ1) is 29.9. The highest BCUT2D eigenvalue weighted by Gasteiger charge is 2.39. The van der Waals surface area contributed by atoms with Gasteiger partial charge >= 0.3 is 11.9 Å². The van der Waals surface area contributed by atoms with Gasteiger partial charge in [0.05, 0.1) is 11.1 Å². The Balaban J connectivity index is 1.55. The van der Waals surface area contributed by atoms with E-state index in [1.165, 1.54) is 30.8 Å². The predicted octanol–water partition coefficient (Wildman–Crippen LogP) is 4.00. The third kappa shape index (κ3) is 5.74. The van der Waals surface area contributed by atoms with Crippen LogP contribution < -0.4 is 10.6 Å². The summed E-state index contributed by atoms with van der Waals surface area (Å²) in [6.45, 7) is 9.69. The highest BCUT2D eigenvalue weighted by molar-refractivity contribution is 7.99. The smallest absolute Gasteiger partial charge is 0.352 e. The number of piperazine rings is 2. The van der Waals surface area contributed by atoms with Crippen LogP contribution in [0.25, 0.3) is 22.0 Å². The fourth-order valence-corrected chi connectivity index (χ4v) is 7.82. The maximum atomic E-state index is 14.9. The summed E-state index contributed by atoms with van der Waals surface area (Å²) in [5.41, 5.74) is -0.744. The highest BCUT2D eigenvalue weighted by Crippen LogP contribution is 2.48. The zero-order valence-corrected chi connectivity index (χ0v) is 25.0. The molecule has 3 aromatic rings. The van der Waals surface area contributed by atoms with Crippen molar-refractivity contribution in [2.75, 3.05) is 69.6 Å². The van der Waals surface area contributed by atoms with Crippen molar-refractivity contribution in [1.82, 2.24) is 24.3 Å². The van der Waals surface area contributed by atoms with Gasteiger partial charge in [0.1, 0.15) is 11.6 Å². The standard InChI is InChI=1S/C30H34F4N6O2S/c1-3-36-8-10-38(11-9-36)22-17-40-26-23(28(35-29(40)42)39-14-12-37(13-15-39)19(2)41)16-24(30(32,33)34)25(27(26)43-18-22)20-4-6-21(31)7-5-20/h4-7,16,22H,3,8-15,17-18H2,1-2H3. The Morgan fingerprint density at radius 2 is 1.70 bits per heavy atom. The first-order valence-corrected chi connectivity index (χ1v) is 15.6. The van der Waals surface area contributed by atoms with Crippen molar-refractivity contribution in [3.63, 3.8) is 0 Å². The van der Waals surface area contributed by atoms with Crippen LogP contribution in [0, 0.1) is 5.82 Å². The third-order valence-corrected chi connectivity index (χ3v) is 10.1. The van der Waals surface area contributed by atoms with E-state index >= 15 is 0 Å². The molecule has 0 spiro atoms. The summed E-state index contributed by atoms with van der Waals surface area (Å²) in [7, 11) is 0. The molecule has 0 aliphatic carbocycles. The molecule has 2 aromatic carbocycles. The highest BCUT2D eigenvalue weighted by atomic mass is 32.2. The van der Waals surface area contributed by atoms with Gasteiger partial charge in [0.2, 0.25) is 5.91 Å². The number of nitrogens with zero attached hydrogens (tertiary/aromatic N) is 6. The van der Waals surface area contributed by atoms with Gasteiger partial charge in [-0.3, -0.25) is 14.3 Å². The molecule has 0 radical (unpaired) electrons. The number of benzene rings is 2. The van der Waals surface area contributed by atoms with Crippen LogP contribution in [0.2, 0.25) is 0 Å². The second-order valence-corrected chi connectivity index (χ2v) is 12.3. The number of carbonyl (C=O) groups is 1. The molecule has 2 fully saturated rings. The van der Waals surface area contributed by atoms with Crippen LogP contribution in [0.5, 0.6) is 0 Å². The molecule has 1 atom stereocenters. The molecule has 2 saturated heterocycles. The number of hydrogen-bond donors (Lipinski definition) is 0. The van der Waals surface area contributed by atoms with E-state index in [0.717, 1.165) is 50.9 Å². The normalized spacial score (nSPS) is 20.5. The van der Waals surface area contributed by atoms with Gasteiger partial charge in [0.15, 0.2) is 0 Å². The topological polar surface area (TPSA) is 64.9 Å². The second kappa shape index (κ2) is 11.7. The van der Waals surface area contributed by atoms with E-state index in [-0.39, 0.29) is 34.3 Å². The molecule has 1 aromatic heterocycles. The van der Waals surface area contributed by atoms with Gasteiger partial charge in [-0.1, -0.05) is 19.1 Å². The van der Waals surface area contributed by atoms with Gasteiger partial charge in [-0.2, -0.15) is 18.2 Å². The van der Waals surface area contributed by atoms with Crippen LogP contribution >= 0.6 is 11.8 Å². The number of thioether (sulfide) groups is 1. The predicted molar refractivity (Wildman–Crippen MR) is 159 cm³/mol. The van der Waals surface area contributed by atoms with E-state index in [9.17, 15) is 27.2 Å². The Labute approximate surface area is 251 Å². The van der Waals surface area contributed by atoms with E-state index < -0.39 is 23.2 Å². The van der Waals surface area contributed by atoms with Crippen LogP contribution in [0.4, 0.5) is 23.4 Å². The number of likely N-dealkylation sites (N-methyl/N-ethyl adjacent to an activating group) is 1. The maximum absolute atomic E-state index is 14.9. The zero-order chi connectivity index (χ0) is 30.5. The van der Waals surface area contributed by atoms with E-state index in [0.29, 0.717) is 48.9 Å². The average Bonchev–Trinajstić information content (AvgIpc) is 3.20. The van der Waals surface area contributed by atoms with Crippen molar-refractivity contribution in [1.29, 1.82) is 0 Å². The van der Waals surface area contributed by atoms with Crippen LogP contribution in [0.1, 0.15) is 19.4 Å². The van der Waals surface area contributed by atoms with Crippen molar-refractivity contribution in [3.05, 3.63) is 52.2 Å². The number of rotatable bonds is 4. The quantitative estimate of drug-likeness (QED) is 0.410.